The van der Waals surface area contributed by atoms with E-state index in [0.29, 0.717) is 6.54 Å². The maximum absolute atomic E-state index is 11.0. The van der Waals surface area contributed by atoms with Gasteiger partial charge in [-0.25, -0.2) is 0 Å². The summed E-state index contributed by atoms with van der Waals surface area (Å²) in [6.07, 6.45) is 0. The van der Waals surface area contributed by atoms with Crippen LogP contribution in [-0.4, -0.2) is 19.1 Å². The highest BCUT2D eigenvalue weighted by Gasteiger charge is 2.11. The number of hydrogen-bond donors (Lipinski definition) is 1. The Balaban J connectivity index is 2.30. The van der Waals surface area contributed by atoms with Crippen molar-refractivity contribution in [2.45, 2.75) is 19.5 Å². The summed E-state index contributed by atoms with van der Waals surface area (Å²) in [6, 6.07) is 1.78. The van der Waals surface area contributed by atoms with Crippen LogP contribution in [0.25, 0.3) is 0 Å². The van der Waals surface area contributed by atoms with E-state index in [0.717, 1.165) is 0 Å². The number of carbonyl (C=O) groups is 1. The van der Waals surface area contributed by atoms with Crippen LogP contribution in [0.1, 0.15) is 12.5 Å². The molecular weight excluding hydrogens is 186 g/mol. The standard InChI is InChI=1S/C9H13NO2S/c1-7(9(11)12-2)10-5-8-3-4-13-6-8/h3-4,6-7,10H,5H2,1-2H3. The number of ether oxygens (including phenoxy) is 1. The summed E-state index contributed by atoms with van der Waals surface area (Å²) in [7, 11) is 1.39. The van der Waals surface area contributed by atoms with Gasteiger partial charge in [-0.05, 0) is 29.3 Å². The van der Waals surface area contributed by atoms with Crippen molar-refractivity contribution in [3.63, 3.8) is 0 Å². The van der Waals surface area contributed by atoms with Gasteiger partial charge in [0, 0.05) is 6.54 Å². The number of carbonyl (C=O) groups excluding carboxylic acids is 1. The van der Waals surface area contributed by atoms with E-state index in [-0.39, 0.29) is 12.0 Å². The molecule has 1 aromatic rings. The van der Waals surface area contributed by atoms with Gasteiger partial charge >= 0.3 is 5.97 Å². The molecule has 0 saturated carbocycles. The Bertz CT molecular complexity index is 259. The third kappa shape index (κ3) is 3.16. The van der Waals surface area contributed by atoms with Crippen LogP contribution in [0.4, 0.5) is 0 Å². The topological polar surface area (TPSA) is 38.3 Å². The predicted octanol–water partition coefficient (Wildman–Crippen LogP) is 1.40. The third-order valence-corrected chi connectivity index (χ3v) is 2.48. The molecular formula is C9H13NO2S. The Hall–Kier alpha value is -0.870. The van der Waals surface area contributed by atoms with E-state index in [1.54, 1.807) is 18.3 Å². The molecule has 3 nitrogen and oxygen atoms in total. The minimum atomic E-state index is -0.245. The first kappa shape index (κ1) is 10.2. The number of nitrogens with one attached hydrogen (secondary N) is 1. The zero-order chi connectivity index (χ0) is 9.68. The molecule has 0 amide bonds. The molecule has 0 bridgehead atoms. The lowest BCUT2D eigenvalue weighted by atomic mass is 10.3. The van der Waals surface area contributed by atoms with Crippen molar-refractivity contribution < 1.29 is 9.53 Å². The average Bonchev–Trinajstić information content (AvgIpc) is 2.65. The van der Waals surface area contributed by atoms with Gasteiger partial charge in [0.05, 0.1) is 7.11 Å². The molecule has 1 N–H and O–H groups in total. The zero-order valence-electron chi connectivity index (χ0n) is 7.74. The van der Waals surface area contributed by atoms with Crippen molar-refractivity contribution in [3.8, 4) is 0 Å². The molecule has 0 aromatic carbocycles. The maximum atomic E-state index is 11.0. The molecule has 1 atom stereocenters. The lowest BCUT2D eigenvalue weighted by molar-refractivity contribution is -0.142. The Labute approximate surface area is 81.7 Å². The van der Waals surface area contributed by atoms with E-state index >= 15 is 0 Å². The Morgan fingerprint density at radius 2 is 2.54 bits per heavy atom. The van der Waals surface area contributed by atoms with Gasteiger partial charge in [-0.2, -0.15) is 11.3 Å². The first-order valence-electron chi connectivity index (χ1n) is 4.06. The normalized spacial score (nSPS) is 12.5. The quantitative estimate of drug-likeness (QED) is 0.745. The molecule has 0 spiro atoms. The highest BCUT2D eigenvalue weighted by molar-refractivity contribution is 7.07. The van der Waals surface area contributed by atoms with Crippen LogP contribution in [0, 0.1) is 0 Å². The fraction of sp³-hybridized carbons (Fsp3) is 0.444. The molecule has 13 heavy (non-hydrogen) atoms. The summed E-state index contributed by atoms with van der Waals surface area (Å²) in [5, 5.41) is 7.13. The molecule has 72 valence electrons. The first-order valence-corrected chi connectivity index (χ1v) is 5.00. The molecule has 4 heteroatoms. The van der Waals surface area contributed by atoms with Gasteiger partial charge < -0.3 is 10.1 Å². The molecule has 0 aliphatic rings. The van der Waals surface area contributed by atoms with Gasteiger partial charge in [0.15, 0.2) is 0 Å². The molecule has 0 fully saturated rings. The van der Waals surface area contributed by atoms with Crippen molar-refractivity contribution in [2.24, 2.45) is 0 Å². The third-order valence-electron chi connectivity index (χ3n) is 1.75. The first-order chi connectivity index (χ1) is 6.24. The SMILES string of the molecule is COC(=O)C(C)NCc1ccsc1. The second kappa shape index (κ2) is 4.99. The zero-order valence-corrected chi connectivity index (χ0v) is 8.56. The van der Waals surface area contributed by atoms with Gasteiger partial charge in [0.25, 0.3) is 0 Å². The molecule has 0 saturated heterocycles. The lowest BCUT2D eigenvalue weighted by Crippen LogP contribution is -2.34. The van der Waals surface area contributed by atoms with Crippen LogP contribution in [0.5, 0.6) is 0 Å². The number of thiophene rings is 1. The van der Waals surface area contributed by atoms with E-state index in [2.05, 4.69) is 15.4 Å². The molecule has 0 aliphatic carbocycles. The van der Waals surface area contributed by atoms with Gasteiger partial charge in [0.2, 0.25) is 0 Å². The molecule has 1 heterocycles. The van der Waals surface area contributed by atoms with Crippen molar-refractivity contribution in [1.29, 1.82) is 0 Å². The van der Waals surface area contributed by atoms with Gasteiger partial charge in [0.1, 0.15) is 6.04 Å². The Kier molecular flexibility index (Phi) is 3.92. The van der Waals surface area contributed by atoms with Crippen LogP contribution < -0.4 is 5.32 Å². The van der Waals surface area contributed by atoms with Crippen LogP contribution >= 0.6 is 11.3 Å². The molecule has 0 radical (unpaired) electrons. The van der Waals surface area contributed by atoms with E-state index in [4.69, 9.17) is 0 Å². The smallest absolute Gasteiger partial charge is 0.322 e. The van der Waals surface area contributed by atoms with Gasteiger partial charge in [-0.15, -0.1) is 0 Å². The Morgan fingerprint density at radius 3 is 3.08 bits per heavy atom. The van der Waals surface area contributed by atoms with Crippen molar-refractivity contribution in [2.75, 3.05) is 7.11 Å². The molecule has 1 rings (SSSR count). The van der Waals surface area contributed by atoms with Crippen LogP contribution in [0.2, 0.25) is 0 Å². The number of hydrogen-bond acceptors (Lipinski definition) is 4. The summed E-state index contributed by atoms with van der Waals surface area (Å²) < 4.78 is 4.58. The lowest BCUT2D eigenvalue weighted by Gasteiger charge is -2.09. The molecule has 1 aromatic heterocycles. The monoisotopic (exact) mass is 199 g/mol. The fourth-order valence-corrected chi connectivity index (χ4v) is 1.59. The molecule has 0 aliphatic heterocycles. The predicted molar refractivity (Wildman–Crippen MR) is 52.6 cm³/mol. The van der Waals surface area contributed by atoms with E-state index < -0.39 is 0 Å². The van der Waals surface area contributed by atoms with E-state index in [9.17, 15) is 4.79 Å². The number of esters is 1. The summed E-state index contributed by atoms with van der Waals surface area (Å²) in [4.78, 5) is 11.0. The summed E-state index contributed by atoms with van der Waals surface area (Å²) in [5.41, 5.74) is 1.20. The van der Waals surface area contributed by atoms with Crippen LogP contribution in [-0.2, 0) is 16.1 Å². The highest BCUT2D eigenvalue weighted by Crippen LogP contribution is 2.05. The minimum absolute atomic E-state index is 0.227. The number of methoxy groups -OCH3 is 1. The maximum Gasteiger partial charge on any atom is 0.322 e. The van der Waals surface area contributed by atoms with Crippen LogP contribution in [0.3, 0.4) is 0 Å². The van der Waals surface area contributed by atoms with Crippen molar-refractivity contribution in [1.82, 2.24) is 5.32 Å². The van der Waals surface area contributed by atoms with Crippen LogP contribution in [0.15, 0.2) is 16.8 Å². The van der Waals surface area contributed by atoms with E-state index in [1.165, 1.54) is 12.7 Å². The average molecular weight is 199 g/mol. The number of rotatable bonds is 4. The van der Waals surface area contributed by atoms with E-state index in [1.807, 2.05) is 11.4 Å². The summed E-state index contributed by atoms with van der Waals surface area (Å²) in [6.45, 7) is 2.50. The largest absolute Gasteiger partial charge is 0.468 e. The Morgan fingerprint density at radius 1 is 1.77 bits per heavy atom. The van der Waals surface area contributed by atoms with Gasteiger partial charge in [-0.3, -0.25) is 4.79 Å². The second-order valence-electron chi connectivity index (χ2n) is 2.76. The van der Waals surface area contributed by atoms with Crippen molar-refractivity contribution in [3.05, 3.63) is 22.4 Å². The second-order valence-corrected chi connectivity index (χ2v) is 3.54. The summed E-state index contributed by atoms with van der Waals surface area (Å²) >= 11 is 1.65. The molecule has 1 unspecified atom stereocenters. The minimum Gasteiger partial charge on any atom is -0.468 e. The van der Waals surface area contributed by atoms with Gasteiger partial charge in [-0.1, -0.05) is 0 Å². The van der Waals surface area contributed by atoms with Crippen molar-refractivity contribution >= 4 is 17.3 Å². The highest BCUT2D eigenvalue weighted by atomic mass is 32.1. The fourth-order valence-electron chi connectivity index (χ4n) is 0.924. The summed E-state index contributed by atoms with van der Waals surface area (Å²) in [5.74, 6) is -0.227.